The molecule has 0 aromatic carbocycles. The van der Waals surface area contributed by atoms with E-state index in [1.165, 1.54) is 64.2 Å². The molecule has 204 valence electrons. The standard InChI is InChI=1S/C31H56O4/c1-24(2)22-31(23-25(3)4,30(33)35-21-13-19-28-16-10-7-11-17-28)26(5)29(32)34-20-12-18-27-14-8-6-9-15-27/h24-28H,6-23H2,1-5H3. The fourth-order valence-corrected chi connectivity index (χ4v) is 6.76. The van der Waals surface area contributed by atoms with Crippen LogP contribution in [0.15, 0.2) is 0 Å². The molecule has 0 spiro atoms. The molecule has 0 heterocycles. The Labute approximate surface area is 216 Å². The van der Waals surface area contributed by atoms with Gasteiger partial charge in [0.1, 0.15) is 0 Å². The molecule has 2 rings (SSSR count). The van der Waals surface area contributed by atoms with Gasteiger partial charge in [-0.3, -0.25) is 9.59 Å². The number of esters is 2. The first-order valence-corrected chi connectivity index (χ1v) is 15.1. The molecule has 2 fully saturated rings. The molecule has 0 aliphatic heterocycles. The Morgan fingerprint density at radius 1 is 0.686 bits per heavy atom. The summed E-state index contributed by atoms with van der Waals surface area (Å²) in [5, 5.41) is 0. The lowest BCUT2D eigenvalue weighted by Crippen LogP contribution is -2.45. The van der Waals surface area contributed by atoms with Crippen LogP contribution in [0.5, 0.6) is 0 Å². The van der Waals surface area contributed by atoms with Crippen LogP contribution in [0.25, 0.3) is 0 Å². The number of rotatable bonds is 15. The maximum Gasteiger partial charge on any atom is 0.312 e. The third kappa shape index (κ3) is 10.4. The average molecular weight is 493 g/mol. The number of hydrogen-bond acceptors (Lipinski definition) is 4. The highest BCUT2D eigenvalue weighted by atomic mass is 16.5. The van der Waals surface area contributed by atoms with Crippen molar-refractivity contribution in [2.75, 3.05) is 13.2 Å². The van der Waals surface area contributed by atoms with E-state index in [0.29, 0.717) is 37.9 Å². The van der Waals surface area contributed by atoms with E-state index in [1.807, 2.05) is 6.92 Å². The van der Waals surface area contributed by atoms with Gasteiger partial charge in [0, 0.05) is 0 Å². The van der Waals surface area contributed by atoms with Crippen LogP contribution in [0.4, 0.5) is 0 Å². The molecule has 1 atom stereocenters. The van der Waals surface area contributed by atoms with Gasteiger partial charge in [0.2, 0.25) is 0 Å². The summed E-state index contributed by atoms with van der Waals surface area (Å²) in [5.41, 5.74) is -0.812. The van der Waals surface area contributed by atoms with Crippen molar-refractivity contribution in [3.63, 3.8) is 0 Å². The van der Waals surface area contributed by atoms with E-state index in [1.54, 1.807) is 0 Å². The predicted molar refractivity (Wildman–Crippen MR) is 144 cm³/mol. The van der Waals surface area contributed by atoms with Crippen molar-refractivity contribution in [1.82, 2.24) is 0 Å². The number of carbonyl (C=O) groups excluding carboxylic acids is 2. The van der Waals surface area contributed by atoms with Crippen molar-refractivity contribution in [2.24, 2.45) is 35.0 Å². The maximum atomic E-state index is 13.6. The van der Waals surface area contributed by atoms with Gasteiger partial charge in [-0.15, -0.1) is 0 Å². The molecule has 2 aliphatic carbocycles. The summed E-state index contributed by atoms with van der Waals surface area (Å²) >= 11 is 0. The highest BCUT2D eigenvalue weighted by molar-refractivity contribution is 5.85. The molecule has 0 radical (unpaired) electrons. The van der Waals surface area contributed by atoms with Gasteiger partial charge in [-0.05, 0) is 62.2 Å². The van der Waals surface area contributed by atoms with Crippen LogP contribution < -0.4 is 0 Å². The van der Waals surface area contributed by atoms with Crippen LogP contribution in [0.1, 0.15) is 137 Å². The fraction of sp³-hybridized carbons (Fsp3) is 0.935. The molecule has 2 saturated carbocycles. The Morgan fingerprint density at radius 2 is 1.11 bits per heavy atom. The summed E-state index contributed by atoms with van der Waals surface area (Å²) in [7, 11) is 0. The summed E-state index contributed by atoms with van der Waals surface area (Å²) in [6, 6.07) is 0. The van der Waals surface area contributed by atoms with E-state index in [-0.39, 0.29) is 11.9 Å². The zero-order chi connectivity index (χ0) is 25.7. The van der Waals surface area contributed by atoms with Crippen molar-refractivity contribution in [3.8, 4) is 0 Å². The van der Waals surface area contributed by atoms with Crippen LogP contribution in [0.3, 0.4) is 0 Å². The predicted octanol–water partition coefficient (Wildman–Crippen LogP) is 8.51. The van der Waals surface area contributed by atoms with E-state index in [2.05, 4.69) is 27.7 Å². The monoisotopic (exact) mass is 492 g/mol. The highest BCUT2D eigenvalue weighted by Crippen LogP contribution is 2.43. The summed E-state index contributed by atoms with van der Waals surface area (Å²) in [4.78, 5) is 26.9. The second-order valence-corrected chi connectivity index (χ2v) is 12.7. The lowest BCUT2D eigenvalue weighted by atomic mass is 9.66. The van der Waals surface area contributed by atoms with Gasteiger partial charge >= 0.3 is 11.9 Å². The highest BCUT2D eigenvalue weighted by Gasteiger charge is 2.49. The van der Waals surface area contributed by atoms with Crippen molar-refractivity contribution in [2.45, 2.75) is 137 Å². The smallest absolute Gasteiger partial charge is 0.312 e. The minimum Gasteiger partial charge on any atom is -0.465 e. The van der Waals surface area contributed by atoms with Crippen LogP contribution in [0, 0.1) is 35.0 Å². The van der Waals surface area contributed by atoms with Gasteiger partial charge in [0.15, 0.2) is 0 Å². The quantitative estimate of drug-likeness (QED) is 0.170. The van der Waals surface area contributed by atoms with E-state index in [9.17, 15) is 9.59 Å². The van der Waals surface area contributed by atoms with Crippen LogP contribution in [0.2, 0.25) is 0 Å². The summed E-state index contributed by atoms with van der Waals surface area (Å²) in [5.74, 6) is 1.28. The minimum absolute atomic E-state index is 0.185. The first-order chi connectivity index (χ1) is 16.7. The molecule has 2 aliphatic rings. The van der Waals surface area contributed by atoms with E-state index >= 15 is 0 Å². The topological polar surface area (TPSA) is 52.6 Å². The normalized spacial score (nSPS) is 19.2. The number of hydrogen-bond donors (Lipinski definition) is 0. The molecule has 1 unspecified atom stereocenters. The number of ether oxygens (including phenoxy) is 2. The van der Waals surface area contributed by atoms with E-state index in [0.717, 1.165) is 37.5 Å². The Morgan fingerprint density at radius 3 is 1.54 bits per heavy atom. The Balaban J connectivity index is 1.94. The number of carbonyl (C=O) groups is 2. The molecule has 4 nitrogen and oxygen atoms in total. The molecule has 35 heavy (non-hydrogen) atoms. The van der Waals surface area contributed by atoms with Gasteiger partial charge in [-0.2, -0.15) is 0 Å². The average Bonchev–Trinajstić information content (AvgIpc) is 2.84. The third-order valence-corrected chi connectivity index (χ3v) is 8.57. The SMILES string of the molecule is CC(C)CC(CC(C)C)(C(=O)OCCCC1CCCCC1)C(C)C(=O)OCCCC1CCCCC1. The first kappa shape index (κ1) is 30.2. The Kier molecular flexibility index (Phi) is 13.7. The van der Waals surface area contributed by atoms with Gasteiger partial charge in [-0.1, -0.05) is 98.8 Å². The molecule has 0 saturated heterocycles. The van der Waals surface area contributed by atoms with Crippen LogP contribution in [-0.2, 0) is 19.1 Å². The second kappa shape index (κ2) is 15.9. The van der Waals surface area contributed by atoms with Gasteiger partial charge in [0.25, 0.3) is 0 Å². The maximum absolute atomic E-state index is 13.6. The van der Waals surface area contributed by atoms with Crippen molar-refractivity contribution < 1.29 is 19.1 Å². The lowest BCUT2D eigenvalue weighted by molar-refractivity contribution is -0.172. The summed E-state index contributed by atoms with van der Waals surface area (Å²) in [6.45, 7) is 11.4. The van der Waals surface area contributed by atoms with Gasteiger partial charge in [0.05, 0.1) is 24.5 Å². The molecule has 0 aromatic heterocycles. The summed E-state index contributed by atoms with van der Waals surface area (Å²) in [6.07, 6.45) is 18.9. The molecule has 0 amide bonds. The van der Waals surface area contributed by atoms with Gasteiger partial charge in [-0.25, -0.2) is 0 Å². The molecule has 0 aromatic rings. The van der Waals surface area contributed by atoms with Crippen molar-refractivity contribution in [3.05, 3.63) is 0 Å². The zero-order valence-corrected chi connectivity index (χ0v) is 23.7. The Bertz CT molecular complexity index is 589. The lowest BCUT2D eigenvalue weighted by Gasteiger charge is -2.38. The van der Waals surface area contributed by atoms with Crippen molar-refractivity contribution in [1.29, 1.82) is 0 Å². The third-order valence-electron chi connectivity index (χ3n) is 8.57. The van der Waals surface area contributed by atoms with Crippen LogP contribution >= 0.6 is 0 Å². The summed E-state index contributed by atoms with van der Waals surface area (Å²) < 4.78 is 11.7. The molecule has 0 N–H and O–H groups in total. The fourth-order valence-electron chi connectivity index (χ4n) is 6.76. The molecular weight excluding hydrogens is 436 g/mol. The zero-order valence-electron chi connectivity index (χ0n) is 23.7. The van der Waals surface area contributed by atoms with Crippen LogP contribution in [-0.4, -0.2) is 25.2 Å². The molecule has 4 heteroatoms. The largest absolute Gasteiger partial charge is 0.465 e. The first-order valence-electron chi connectivity index (χ1n) is 15.1. The van der Waals surface area contributed by atoms with E-state index in [4.69, 9.17) is 9.47 Å². The molecular formula is C31H56O4. The minimum atomic E-state index is -0.812. The van der Waals surface area contributed by atoms with Gasteiger partial charge < -0.3 is 9.47 Å². The van der Waals surface area contributed by atoms with Crippen molar-refractivity contribution >= 4 is 11.9 Å². The van der Waals surface area contributed by atoms with E-state index < -0.39 is 11.3 Å². The molecule has 0 bridgehead atoms. The second-order valence-electron chi connectivity index (χ2n) is 12.7. The Hall–Kier alpha value is -1.06.